The van der Waals surface area contributed by atoms with Crippen LogP contribution in [0.2, 0.25) is 0 Å². The molecule has 0 N–H and O–H groups in total. The molecule has 6 nitrogen and oxygen atoms in total. The van der Waals surface area contributed by atoms with Crippen LogP contribution in [0.5, 0.6) is 0 Å². The molecule has 2 aliphatic rings. The molecule has 6 heteroatoms. The second-order valence-corrected chi connectivity index (χ2v) is 4.57. The molecule has 0 saturated carbocycles. The van der Waals surface area contributed by atoms with E-state index < -0.39 is 17.8 Å². The molecule has 2 rings (SSSR count). The van der Waals surface area contributed by atoms with Crippen LogP contribution in [-0.4, -0.2) is 28.6 Å². The van der Waals surface area contributed by atoms with Crippen LogP contribution in [0.4, 0.5) is 0 Å². The normalized spacial score (nSPS) is 18.1. The zero-order valence-corrected chi connectivity index (χ0v) is 10.9. The lowest BCUT2D eigenvalue weighted by atomic mass is 10.0. The van der Waals surface area contributed by atoms with Gasteiger partial charge in [-0.2, -0.15) is 0 Å². The van der Waals surface area contributed by atoms with Gasteiger partial charge in [-0.3, -0.25) is 9.59 Å². The van der Waals surface area contributed by atoms with Gasteiger partial charge < -0.3 is 10.2 Å². The number of hydrogen-bond acceptors (Lipinski definition) is 4. The van der Waals surface area contributed by atoms with Crippen molar-refractivity contribution in [1.29, 1.82) is 0 Å². The number of carbonyl (C=O) groups is 3. The number of hydroxylamine groups is 2. The zero-order chi connectivity index (χ0) is 14.5. The molecule has 0 bridgehead atoms. The Hall–Kier alpha value is -2.37. The minimum absolute atomic E-state index is 0.0968. The van der Waals surface area contributed by atoms with Crippen molar-refractivity contribution in [2.24, 2.45) is 0 Å². The molecule has 1 aliphatic heterocycles. The van der Waals surface area contributed by atoms with Gasteiger partial charge in [-0.15, -0.1) is 5.06 Å². The maximum Gasteiger partial charge on any atom is 0.333 e. The van der Waals surface area contributed by atoms with Gasteiger partial charge in [-0.05, 0) is 12.1 Å². The molecule has 1 fully saturated rings. The topological polar surface area (TPSA) is 86.0 Å². The molecule has 1 aliphatic carbocycles. The van der Waals surface area contributed by atoms with Gasteiger partial charge in [-0.1, -0.05) is 0 Å². The Morgan fingerprint density at radius 2 is 2.00 bits per heavy atom. The molecular weight excluding hydrogens is 260 g/mol. The molecular formula is C14H14N2O4. The molecule has 0 aromatic carbocycles. The van der Waals surface area contributed by atoms with Gasteiger partial charge in [0.2, 0.25) is 0 Å². The standard InChI is InChI=1S/C14H14N2O4/c15-11-6-4-10(5-7-11)2-1-3-14(19)20-16-12(17)8-9-13(16)18/h4-7H,1-3,8-9H2. The van der Waals surface area contributed by atoms with Crippen LogP contribution in [0.1, 0.15) is 32.1 Å². The van der Waals surface area contributed by atoms with Crippen LogP contribution in [-0.2, 0) is 19.2 Å². The van der Waals surface area contributed by atoms with Crippen LogP contribution in [0.25, 0.3) is 5.41 Å². The highest BCUT2D eigenvalue weighted by Crippen LogP contribution is 2.16. The third kappa shape index (κ3) is 3.57. The smallest absolute Gasteiger partial charge is 0.333 e. The van der Waals surface area contributed by atoms with Crippen molar-refractivity contribution in [3.05, 3.63) is 35.6 Å². The molecule has 0 radical (unpaired) electrons. The minimum Gasteiger partial charge on any atom is -0.779 e. The first-order valence-corrected chi connectivity index (χ1v) is 6.41. The van der Waals surface area contributed by atoms with E-state index in [1.54, 1.807) is 24.6 Å². The summed E-state index contributed by atoms with van der Waals surface area (Å²) in [6.45, 7) is 0. The summed E-state index contributed by atoms with van der Waals surface area (Å²) in [4.78, 5) is 38.8. The van der Waals surface area contributed by atoms with Crippen LogP contribution in [0.15, 0.2) is 23.8 Å². The highest BCUT2D eigenvalue weighted by Gasteiger charge is 2.32. The highest BCUT2D eigenvalue weighted by atomic mass is 16.7. The molecule has 0 aromatic heterocycles. The van der Waals surface area contributed by atoms with E-state index in [1.165, 1.54) is 0 Å². The lowest BCUT2D eigenvalue weighted by molar-refractivity contribution is -0.197. The summed E-state index contributed by atoms with van der Waals surface area (Å²) < 4.78 is 0. The van der Waals surface area contributed by atoms with E-state index in [0.29, 0.717) is 17.9 Å². The predicted molar refractivity (Wildman–Crippen MR) is 70.9 cm³/mol. The first kappa shape index (κ1) is 14.0. The summed E-state index contributed by atoms with van der Waals surface area (Å²) in [5.41, 5.74) is 1.18. The first-order valence-electron chi connectivity index (χ1n) is 6.41. The van der Waals surface area contributed by atoms with E-state index >= 15 is 0 Å². The van der Waals surface area contributed by atoms with Crippen molar-refractivity contribution < 1.29 is 19.2 Å². The Morgan fingerprint density at radius 1 is 1.30 bits per heavy atom. The maximum absolute atomic E-state index is 11.5. The van der Waals surface area contributed by atoms with E-state index in [9.17, 15) is 14.4 Å². The SMILES string of the molecule is [N-]=C1C=CC(CCCC(=O)ON2C(=O)CCC2=O)=C[CH+]1. The fourth-order valence-electron chi connectivity index (χ4n) is 1.90. The van der Waals surface area contributed by atoms with Gasteiger partial charge >= 0.3 is 5.97 Å². The van der Waals surface area contributed by atoms with Gasteiger partial charge in [0.15, 0.2) is 0 Å². The third-order valence-electron chi connectivity index (χ3n) is 2.98. The molecule has 1 saturated heterocycles. The Morgan fingerprint density at radius 3 is 2.60 bits per heavy atom. The van der Waals surface area contributed by atoms with E-state index in [0.717, 1.165) is 5.57 Å². The second kappa shape index (κ2) is 6.18. The van der Waals surface area contributed by atoms with Gasteiger partial charge in [0, 0.05) is 50.3 Å². The average molecular weight is 274 g/mol. The molecule has 1 heterocycles. The van der Waals surface area contributed by atoms with Crippen molar-refractivity contribution in [2.75, 3.05) is 0 Å². The number of nitrogens with zero attached hydrogens (tertiary/aromatic N) is 2. The summed E-state index contributed by atoms with van der Waals surface area (Å²) in [6.07, 6.45) is 8.21. The summed E-state index contributed by atoms with van der Waals surface area (Å²) in [7, 11) is 0. The minimum atomic E-state index is -0.590. The number of amides is 2. The highest BCUT2D eigenvalue weighted by molar-refractivity contribution is 6.07. The van der Waals surface area contributed by atoms with Crippen LogP contribution >= 0.6 is 0 Å². The van der Waals surface area contributed by atoms with E-state index in [1.807, 2.05) is 0 Å². The van der Waals surface area contributed by atoms with Crippen molar-refractivity contribution in [1.82, 2.24) is 5.06 Å². The van der Waals surface area contributed by atoms with Crippen molar-refractivity contribution in [3.63, 3.8) is 0 Å². The molecule has 0 atom stereocenters. The summed E-state index contributed by atoms with van der Waals surface area (Å²) >= 11 is 0. The first-order chi connectivity index (χ1) is 9.56. The summed E-state index contributed by atoms with van der Waals surface area (Å²) in [5, 5.41) is 9.69. The number of allylic oxidation sites excluding steroid dienone is 4. The van der Waals surface area contributed by atoms with Gasteiger partial charge in [0.25, 0.3) is 11.8 Å². The average Bonchev–Trinajstić information content (AvgIpc) is 2.73. The Kier molecular flexibility index (Phi) is 4.34. The molecule has 0 aromatic rings. The van der Waals surface area contributed by atoms with Gasteiger partial charge in [0.1, 0.15) is 0 Å². The van der Waals surface area contributed by atoms with Gasteiger partial charge in [-0.25, -0.2) is 4.79 Å². The van der Waals surface area contributed by atoms with Crippen LogP contribution < -0.4 is 0 Å². The lowest BCUT2D eigenvalue weighted by Gasteiger charge is -2.12. The van der Waals surface area contributed by atoms with Crippen LogP contribution in [0.3, 0.4) is 0 Å². The maximum atomic E-state index is 11.5. The number of hydrogen-bond donors (Lipinski definition) is 0. The van der Waals surface area contributed by atoms with E-state index in [2.05, 4.69) is 0 Å². The Bertz CT molecular complexity index is 503. The lowest BCUT2D eigenvalue weighted by Crippen LogP contribution is -2.31. The fourth-order valence-corrected chi connectivity index (χ4v) is 1.90. The fraction of sp³-hybridized carbons (Fsp3) is 0.357. The Labute approximate surface area is 116 Å². The number of carbonyl (C=O) groups excluding carboxylic acids is 3. The monoisotopic (exact) mass is 274 g/mol. The van der Waals surface area contributed by atoms with Crippen molar-refractivity contribution >= 4 is 23.5 Å². The molecule has 2 amide bonds. The second-order valence-electron chi connectivity index (χ2n) is 4.57. The van der Waals surface area contributed by atoms with Gasteiger partial charge in [0.05, 0.1) is 5.57 Å². The summed E-state index contributed by atoms with van der Waals surface area (Å²) in [5.74, 6) is -1.53. The largest absolute Gasteiger partial charge is 0.779 e. The zero-order valence-electron chi connectivity index (χ0n) is 10.9. The molecule has 104 valence electrons. The van der Waals surface area contributed by atoms with Crippen LogP contribution in [0, 0.1) is 6.42 Å². The van der Waals surface area contributed by atoms with Crippen molar-refractivity contribution in [3.8, 4) is 0 Å². The molecule has 0 unspecified atom stereocenters. The Balaban J connectivity index is 1.71. The summed E-state index contributed by atoms with van der Waals surface area (Å²) in [6, 6.07) is 0. The third-order valence-corrected chi connectivity index (χ3v) is 2.98. The van der Waals surface area contributed by atoms with E-state index in [-0.39, 0.29) is 25.0 Å². The quantitative estimate of drug-likeness (QED) is 0.561. The van der Waals surface area contributed by atoms with Crippen molar-refractivity contribution in [2.45, 2.75) is 32.1 Å². The number of imide groups is 1. The number of rotatable bonds is 5. The van der Waals surface area contributed by atoms with E-state index in [4.69, 9.17) is 10.2 Å². The molecule has 20 heavy (non-hydrogen) atoms. The predicted octanol–water partition coefficient (Wildman–Crippen LogP) is 1.47. The molecule has 0 spiro atoms.